The van der Waals surface area contributed by atoms with Crippen molar-refractivity contribution in [3.05, 3.63) is 45.6 Å². The highest BCUT2D eigenvalue weighted by Crippen LogP contribution is 2.50. The quantitative estimate of drug-likeness (QED) is 0.770. The van der Waals surface area contributed by atoms with Gasteiger partial charge < -0.3 is 24.3 Å². The Morgan fingerprint density at radius 2 is 1.68 bits per heavy atom. The molecule has 1 aliphatic carbocycles. The summed E-state index contributed by atoms with van der Waals surface area (Å²) in [6.45, 7) is 0. The van der Waals surface area contributed by atoms with Crippen LogP contribution in [0.15, 0.2) is 29.1 Å². The van der Waals surface area contributed by atoms with E-state index in [1.165, 1.54) is 13.2 Å². The smallest absolute Gasteiger partial charge is 0.220 e. The largest absolute Gasteiger partial charge is 0.493 e. The number of hydrogen-bond donors (Lipinski definition) is 1. The molecule has 7 heteroatoms. The first-order valence-corrected chi connectivity index (χ1v) is 8.83. The van der Waals surface area contributed by atoms with E-state index in [1.807, 2.05) is 6.07 Å². The Kier molecular flexibility index (Phi) is 5.73. The van der Waals surface area contributed by atoms with Gasteiger partial charge in [-0.05, 0) is 53.8 Å². The van der Waals surface area contributed by atoms with Gasteiger partial charge in [0.05, 0.1) is 34.5 Å². The van der Waals surface area contributed by atoms with Crippen LogP contribution >= 0.6 is 0 Å². The molecule has 0 heterocycles. The van der Waals surface area contributed by atoms with Crippen LogP contribution in [0.2, 0.25) is 0 Å². The van der Waals surface area contributed by atoms with E-state index >= 15 is 0 Å². The van der Waals surface area contributed by atoms with Crippen LogP contribution in [-0.4, -0.2) is 34.8 Å². The summed E-state index contributed by atoms with van der Waals surface area (Å²) in [5.41, 5.74) is 3.08. The molecule has 1 aliphatic rings. The predicted molar refractivity (Wildman–Crippen MR) is 105 cm³/mol. The van der Waals surface area contributed by atoms with Crippen molar-refractivity contribution in [2.24, 2.45) is 0 Å². The maximum Gasteiger partial charge on any atom is 0.220 e. The van der Waals surface area contributed by atoms with Crippen LogP contribution in [0, 0.1) is 0 Å². The Hall–Kier alpha value is -3.22. The van der Waals surface area contributed by atoms with Crippen molar-refractivity contribution in [2.45, 2.75) is 18.9 Å². The third kappa shape index (κ3) is 3.24. The third-order valence-corrected chi connectivity index (χ3v) is 4.99. The fourth-order valence-electron chi connectivity index (χ4n) is 3.71. The average Bonchev–Trinajstić information content (AvgIpc) is 2.96. The van der Waals surface area contributed by atoms with E-state index in [9.17, 15) is 9.59 Å². The molecule has 0 spiro atoms. The Bertz CT molecular complexity index is 956. The lowest BCUT2D eigenvalue weighted by molar-refractivity contribution is -0.110. The second-order valence-corrected chi connectivity index (χ2v) is 6.33. The molecule has 0 bridgehead atoms. The Morgan fingerprint density at radius 1 is 0.964 bits per heavy atom. The number of aryl methyl sites for hydroxylation is 1. The number of carbonyl (C=O) groups excluding carboxylic acids is 1. The monoisotopic (exact) mass is 385 g/mol. The van der Waals surface area contributed by atoms with E-state index in [4.69, 9.17) is 18.9 Å². The molecule has 28 heavy (non-hydrogen) atoms. The van der Waals surface area contributed by atoms with Gasteiger partial charge in [-0.3, -0.25) is 9.59 Å². The lowest BCUT2D eigenvalue weighted by atomic mass is 9.95. The van der Waals surface area contributed by atoms with Gasteiger partial charge in [-0.2, -0.15) is 0 Å². The van der Waals surface area contributed by atoms with Gasteiger partial charge in [-0.25, -0.2) is 0 Å². The second-order valence-electron chi connectivity index (χ2n) is 6.33. The average molecular weight is 385 g/mol. The highest BCUT2D eigenvalue weighted by atomic mass is 16.5. The molecule has 0 saturated heterocycles. The molecule has 0 radical (unpaired) electrons. The number of amides is 1. The summed E-state index contributed by atoms with van der Waals surface area (Å²) in [7, 11) is 6.13. The summed E-state index contributed by atoms with van der Waals surface area (Å²) >= 11 is 0. The van der Waals surface area contributed by atoms with Crippen LogP contribution < -0.4 is 29.7 Å². The van der Waals surface area contributed by atoms with Crippen molar-refractivity contribution in [2.75, 3.05) is 28.4 Å². The molecule has 7 nitrogen and oxygen atoms in total. The fourth-order valence-corrected chi connectivity index (χ4v) is 3.71. The minimum Gasteiger partial charge on any atom is -0.493 e. The lowest BCUT2D eigenvalue weighted by Gasteiger charge is -2.19. The summed E-state index contributed by atoms with van der Waals surface area (Å²) in [5.74, 6) is 1.76. The van der Waals surface area contributed by atoms with Crippen LogP contribution in [0.25, 0.3) is 11.1 Å². The third-order valence-electron chi connectivity index (χ3n) is 4.99. The number of ether oxygens (including phenoxy) is 4. The maximum atomic E-state index is 12.4. The topological polar surface area (TPSA) is 83.1 Å². The standard InChI is InChI=1S/C21H23NO6/c1-25-17-10-14-13(6-8-16(17)24)19-12(5-7-15(14)22-11-23)9-18(26-2)20(27-3)21(19)28-4/h6,8-11,15H,5,7H2,1-4H3,(H,22,23). The van der Waals surface area contributed by atoms with Crippen LogP contribution in [-0.2, 0) is 11.2 Å². The van der Waals surface area contributed by atoms with Gasteiger partial charge in [-0.1, -0.05) is 0 Å². The number of carbonyl (C=O) groups is 1. The fraction of sp³-hybridized carbons (Fsp3) is 0.333. The number of rotatable bonds is 6. The van der Waals surface area contributed by atoms with Crippen molar-refractivity contribution in [1.29, 1.82) is 0 Å². The zero-order chi connectivity index (χ0) is 20.3. The van der Waals surface area contributed by atoms with Crippen LogP contribution in [0.3, 0.4) is 0 Å². The molecule has 1 N–H and O–H groups in total. The summed E-state index contributed by atoms with van der Waals surface area (Å²) in [5, 5.41) is 2.85. The number of methoxy groups -OCH3 is 4. The zero-order valence-corrected chi connectivity index (χ0v) is 16.3. The summed E-state index contributed by atoms with van der Waals surface area (Å²) in [6.07, 6.45) is 1.97. The molecule has 0 saturated carbocycles. The number of fused-ring (bicyclic) bond motifs is 3. The first kappa shape index (κ1) is 19.5. The zero-order valence-electron chi connectivity index (χ0n) is 16.3. The number of benzene rings is 1. The molecular weight excluding hydrogens is 362 g/mol. The van der Waals surface area contributed by atoms with Gasteiger partial charge in [0.25, 0.3) is 0 Å². The number of hydrogen-bond acceptors (Lipinski definition) is 6. The molecule has 2 aromatic rings. The molecule has 2 aromatic carbocycles. The van der Waals surface area contributed by atoms with Crippen LogP contribution in [0.4, 0.5) is 0 Å². The van der Waals surface area contributed by atoms with Gasteiger partial charge in [0.15, 0.2) is 17.2 Å². The van der Waals surface area contributed by atoms with Gasteiger partial charge in [0.1, 0.15) is 0 Å². The van der Waals surface area contributed by atoms with E-state index in [-0.39, 0.29) is 17.2 Å². The first-order chi connectivity index (χ1) is 13.6. The highest BCUT2D eigenvalue weighted by molar-refractivity contribution is 5.83. The summed E-state index contributed by atoms with van der Waals surface area (Å²) in [6, 6.07) is 6.50. The molecule has 1 atom stereocenters. The first-order valence-electron chi connectivity index (χ1n) is 8.83. The molecule has 0 aliphatic heterocycles. The summed E-state index contributed by atoms with van der Waals surface area (Å²) in [4.78, 5) is 23.6. The van der Waals surface area contributed by atoms with Crippen molar-refractivity contribution < 1.29 is 23.7 Å². The lowest BCUT2D eigenvalue weighted by Crippen LogP contribution is -2.19. The van der Waals surface area contributed by atoms with Crippen molar-refractivity contribution in [3.63, 3.8) is 0 Å². The SMILES string of the molecule is COc1cc2c(c(OC)c1OC)-c1ccc(=O)c(OC)cc1C(NC=O)CC2. The molecule has 148 valence electrons. The molecule has 1 unspecified atom stereocenters. The van der Waals surface area contributed by atoms with Crippen molar-refractivity contribution in [3.8, 4) is 34.1 Å². The molecule has 3 rings (SSSR count). The van der Waals surface area contributed by atoms with Gasteiger partial charge in [-0.15, -0.1) is 0 Å². The van der Waals surface area contributed by atoms with Crippen LogP contribution in [0.5, 0.6) is 23.0 Å². The summed E-state index contributed by atoms with van der Waals surface area (Å²) < 4.78 is 22.0. The van der Waals surface area contributed by atoms with Gasteiger partial charge in [0, 0.05) is 5.56 Å². The van der Waals surface area contributed by atoms with E-state index in [0.717, 1.165) is 22.3 Å². The van der Waals surface area contributed by atoms with Crippen molar-refractivity contribution in [1.82, 2.24) is 5.32 Å². The molecular formula is C21H23NO6. The van der Waals surface area contributed by atoms with E-state index < -0.39 is 0 Å². The normalized spacial score (nSPS) is 14.8. The Morgan fingerprint density at radius 3 is 2.29 bits per heavy atom. The highest BCUT2D eigenvalue weighted by Gasteiger charge is 2.29. The van der Waals surface area contributed by atoms with E-state index in [1.54, 1.807) is 33.5 Å². The minimum absolute atomic E-state index is 0.210. The number of nitrogens with one attached hydrogen (secondary N) is 1. The Labute approximate surface area is 163 Å². The van der Waals surface area contributed by atoms with E-state index in [0.29, 0.717) is 36.5 Å². The predicted octanol–water partition coefficient (Wildman–Crippen LogP) is 2.48. The molecule has 0 aromatic heterocycles. The van der Waals surface area contributed by atoms with Crippen LogP contribution in [0.1, 0.15) is 23.6 Å². The van der Waals surface area contributed by atoms with Gasteiger partial charge in [0.2, 0.25) is 17.6 Å². The maximum absolute atomic E-state index is 12.4. The van der Waals surface area contributed by atoms with E-state index in [2.05, 4.69) is 5.32 Å². The molecule has 1 amide bonds. The Balaban J connectivity index is 2.43. The molecule has 0 fully saturated rings. The van der Waals surface area contributed by atoms with Gasteiger partial charge >= 0.3 is 0 Å². The van der Waals surface area contributed by atoms with Crippen molar-refractivity contribution >= 4 is 6.41 Å². The minimum atomic E-state index is -0.290. The second kappa shape index (κ2) is 8.21.